The lowest BCUT2D eigenvalue weighted by Crippen LogP contribution is -2.25. The standard InChI is InChI=1S/C14H29N/c1-4-5-6-11-15-12-14(9-10-14)8-7-13(2)3/h13,15H,4-12H2,1-3H3. The molecule has 1 aliphatic carbocycles. The molecule has 0 radical (unpaired) electrons. The van der Waals surface area contributed by atoms with E-state index in [1.165, 1.54) is 58.0 Å². The number of rotatable bonds is 9. The molecule has 0 amide bonds. The maximum absolute atomic E-state index is 3.65. The summed E-state index contributed by atoms with van der Waals surface area (Å²) in [5.74, 6) is 0.877. The van der Waals surface area contributed by atoms with Gasteiger partial charge < -0.3 is 5.32 Å². The number of hydrogen-bond acceptors (Lipinski definition) is 1. The van der Waals surface area contributed by atoms with Crippen molar-refractivity contribution in [3.8, 4) is 0 Å². The Hall–Kier alpha value is -0.0400. The second kappa shape index (κ2) is 6.52. The topological polar surface area (TPSA) is 12.0 Å². The Bertz CT molecular complexity index is 159. The van der Waals surface area contributed by atoms with Gasteiger partial charge in [-0.2, -0.15) is 0 Å². The fourth-order valence-corrected chi connectivity index (χ4v) is 2.14. The predicted molar refractivity (Wildman–Crippen MR) is 68.1 cm³/mol. The van der Waals surface area contributed by atoms with Crippen molar-refractivity contribution in [2.45, 2.75) is 65.7 Å². The summed E-state index contributed by atoms with van der Waals surface area (Å²) in [4.78, 5) is 0. The van der Waals surface area contributed by atoms with Crippen LogP contribution in [-0.2, 0) is 0 Å². The Morgan fingerprint density at radius 2 is 1.93 bits per heavy atom. The Kier molecular flexibility index (Phi) is 5.66. The van der Waals surface area contributed by atoms with E-state index in [0.717, 1.165) is 11.3 Å². The number of nitrogens with one attached hydrogen (secondary N) is 1. The highest BCUT2D eigenvalue weighted by Gasteiger charge is 2.41. The van der Waals surface area contributed by atoms with E-state index in [1.807, 2.05) is 0 Å². The van der Waals surface area contributed by atoms with Crippen LogP contribution in [0.5, 0.6) is 0 Å². The summed E-state index contributed by atoms with van der Waals surface area (Å²) >= 11 is 0. The molecule has 90 valence electrons. The van der Waals surface area contributed by atoms with Crippen molar-refractivity contribution in [3.63, 3.8) is 0 Å². The van der Waals surface area contributed by atoms with Gasteiger partial charge in [0.05, 0.1) is 0 Å². The molecule has 0 saturated heterocycles. The first-order chi connectivity index (χ1) is 7.18. The summed E-state index contributed by atoms with van der Waals surface area (Å²) in [5.41, 5.74) is 0.719. The van der Waals surface area contributed by atoms with Gasteiger partial charge in [0.2, 0.25) is 0 Å². The first kappa shape index (κ1) is 13.0. The molecule has 1 aliphatic rings. The molecule has 0 unspecified atom stereocenters. The summed E-state index contributed by atoms with van der Waals surface area (Å²) in [6, 6.07) is 0. The van der Waals surface area contributed by atoms with E-state index in [4.69, 9.17) is 0 Å². The highest BCUT2D eigenvalue weighted by molar-refractivity contribution is 4.94. The molecule has 1 fully saturated rings. The zero-order chi connectivity index (χ0) is 11.1. The molecule has 0 spiro atoms. The van der Waals surface area contributed by atoms with Gasteiger partial charge in [0.25, 0.3) is 0 Å². The van der Waals surface area contributed by atoms with Crippen molar-refractivity contribution in [1.29, 1.82) is 0 Å². The molecule has 1 saturated carbocycles. The van der Waals surface area contributed by atoms with E-state index in [0.29, 0.717) is 0 Å². The van der Waals surface area contributed by atoms with E-state index >= 15 is 0 Å². The van der Waals surface area contributed by atoms with Gasteiger partial charge in [-0.1, -0.05) is 40.0 Å². The van der Waals surface area contributed by atoms with Crippen LogP contribution in [0.4, 0.5) is 0 Å². The van der Waals surface area contributed by atoms with Crippen LogP contribution in [0.25, 0.3) is 0 Å². The summed E-state index contributed by atoms with van der Waals surface area (Å²) in [6.45, 7) is 9.46. The molecule has 1 rings (SSSR count). The second-order valence-electron chi connectivity index (χ2n) is 5.82. The molecule has 0 aliphatic heterocycles. The quantitative estimate of drug-likeness (QED) is 0.569. The Labute approximate surface area is 96.0 Å². The van der Waals surface area contributed by atoms with Gasteiger partial charge in [0.1, 0.15) is 0 Å². The lowest BCUT2D eigenvalue weighted by atomic mass is 9.95. The van der Waals surface area contributed by atoms with Gasteiger partial charge in [-0.25, -0.2) is 0 Å². The minimum atomic E-state index is 0.719. The van der Waals surface area contributed by atoms with Crippen LogP contribution < -0.4 is 5.32 Å². The maximum Gasteiger partial charge on any atom is 0.000781 e. The van der Waals surface area contributed by atoms with Gasteiger partial charge in [0, 0.05) is 6.54 Å². The average molecular weight is 211 g/mol. The first-order valence-corrected chi connectivity index (χ1v) is 6.89. The molecule has 1 heteroatoms. The lowest BCUT2D eigenvalue weighted by Gasteiger charge is -2.17. The summed E-state index contributed by atoms with van der Waals surface area (Å²) in [5, 5.41) is 3.65. The molecule has 0 atom stereocenters. The van der Waals surface area contributed by atoms with E-state index in [2.05, 4.69) is 26.1 Å². The summed E-state index contributed by atoms with van der Waals surface area (Å²) in [6.07, 6.45) is 9.88. The smallest absolute Gasteiger partial charge is 0.000781 e. The molecular formula is C14H29N. The van der Waals surface area contributed by atoms with Crippen LogP contribution in [0.2, 0.25) is 0 Å². The molecule has 0 aromatic heterocycles. The summed E-state index contributed by atoms with van der Waals surface area (Å²) in [7, 11) is 0. The van der Waals surface area contributed by atoms with Crippen molar-refractivity contribution < 1.29 is 0 Å². The third-order valence-electron chi connectivity index (χ3n) is 3.67. The van der Waals surface area contributed by atoms with Gasteiger partial charge in [-0.3, -0.25) is 0 Å². The molecule has 15 heavy (non-hydrogen) atoms. The first-order valence-electron chi connectivity index (χ1n) is 6.89. The molecule has 0 bridgehead atoms. The molecule has 1 N–H and O–H groups in total. The van der Waals surface area contributed by atoms with Crippen molar-refractivity contribution in [2.24, 2.45) is 11.3 Å². The van der Waals surface area contributed by atoms with Crippen molar-refractivity contribution >= 4 is 0 Å². The Morgan fingerprint density at radius 3 is 2.47 bits per heavy atom. The largest absolute Gasteiger partial charge is 0.316 e. The van der Waals surface area contributed by atoms with Gasteiger partial charge >= 0.3 is 0 Å². The zero-order valence-corrected chi connectivity index (χ0v) is 10.9. The molecule has 0 aromatic carbocycles. The van der Waals surface area contributed by atoms with Crippen LogP contribution in [0, 0.1) is 11.3 Å². The molecule has 0 aromatic rings. The Balaban J connectivity index is 1.99. The highest BCUT2D eigenvalue weighted by Crippen LogP contribution is 2.49. The zero-order valence-electron chi connectivity index (χ0n) is 10.9. The predicted octanol–water partition coefficient (Wildman–Crippen LogP) is 3.98. The average Bonchev–Trinajstić information content (AvgIpc) is 2.96. The monoisotopic (exact) mass is 211 g/mol. The SMILES string of the molecule is CCCCCNCC1(CCC(C)C)CC1. The van der Waals surface area contributed by atoms with Crippen LogP contribution >= 0.6 is 0 Å². The van der Waals surface area contributed by atoms with E-state index in [-0.39, 0.29) is 0 Å². The Morgan fingerprint density at radius 1 is 1.20 bits per heavy atom. The van der Waals surface area contributed by atoms with Crippen molar-refractivity contribution in [1.82, 2.24) is 5.32 Å². The van der Waals surface area contributed by atoms with E-state index < -0.39 is 0 Å². The van der Waals surface area contributed by atoms with Crippen LogP contribution in [0.1, 0.15) is 65.7 Å². The minimum absolute atomic E-state index is 0.719. The normalized spacial score (nSPS) is 18.4. The lowest BCUT2D eigenvalue weighted by molar-refractivity contribution is 0.380. The second-order valence-corrected chi connectivity index (χ2v) is 5.82. The van der Waals surface area contributed by atoms with Crippen molar-refractivity contribution in [3.05, 3.63) is 0 Å². The molecular weight excluding hydrogens is 182 g/mol. The van der Waals surface area contributed by atoms with E-state index in [1.54, 1.807) is 0 Å². The maximum atomic E-state index is 3.65. The van der Waals surface area contributed by atoms with Crippen LogP contribution in [0.3, 0.4) is 0 Å². The fraction of sp³-hybridized carbons (Fsp3) is 1.00. The fourth-order valence-electron chi connectivity index (χ4n) is 2.14. The third kappa shape index (κ3) is 5.55. The minimum Gasteiger partial charge on any atom is -0.316 e. The van der Waals surface area contributed by atoms with Crippen molar-refractivity contribution in [2.75, 3.05) is 13.1 Å². The van der Waals surface area contributed by atoms with Gasteiger partial charge in [-0.05, 0) is 43.6 Å². The molecule has 0 heterocycles. The number of hydrogen-bond donors (Lipinski definition) is 1. The van der Waals surface area contributed by atoms with Gasteiger partial charge in [-0.15, -0.1) is 0 Å². The van der Waals surface area contributed by atoms with Gasteiger partial charge in [0.15, 0.2) is 0 Å². The molecule has 1 nitrogen and oxygen atoms in total. The van der Waals surface area contributed by atoms with Crippen LogP contribution in [-0.4, -0.2) is 13.1 Å². The van der Waals surface area contributed by atoms with Crippen LogP contribution in [0.15, 0.2) is 0 Å². The highest BCUT2D eigenvalue weighted by atomic mass is 14.9. The third-order valence-corrected chi connectivity index (χ3v) is 3.67. The van der Waals surface area contributed by atoms with E-state index in [9.17, 15) is 0 Å². The summed E-state index contributed by atoms with van der Waals surface area (Å²) < 4.78 is 0. The number of unbranched alkanes of at least 4 members (excludes halogenated alkanes) is 2.